The molecule has 2 heterocycles. The zero-order chi connectivity index (χ0) is 20.5. The predicted molar refractivity (Wildman–Crippen MR) is 114 cm³/mol. The molecule has 29 heavy (non-hydrogen) atoms. The number of carbonyl (C=O) groups is 1. The molecule has 1 fully saturated rings. The van der Waals surface area contributed by atoms with Crippen molar-refractivity contribution in [3.63, 3.8) is 0 Å². The number of nitrogens with one attached hydrogen (secondary N) is 2. The summed E-state index contributed by atoms with van der Waals surface area (Å²) in [5.41, 5.74) is 3.72. The number of nitrogens with zero attached hydrogens (tertiary/aromatic N) is 2. The Labute approximate surface area is 169 Å². The van der Waals surface area contributed by atoms with Gasteiger partial charge in [0.05, 0.1) is 23.8 Å². The third kappa shape index (κ3) is 3.65. The van der Waals surface area contributed by atoms with Gasteiger partial charge in [-0.1, -0.05) is 12.1 Å². The van der Waals surface area contributed by atoms with E-state index in [-0.39, 0.29) is 11.6 Å². The van der Waals surface area contributed by atoms with Crippen molar-refractivity contribution in [2.45, 2.75) is 12.8 Å². The molecule has 3 aromatic rings. The number of hydrogen-bond acceptors (Lipinski definition) is 4. The molecule has 152 valence electrons. The van der Waals surface area contributed by atoms with Gasteiger partial charge in [0.15, 0.2) is 0 Å². The van der Waals surface area contributed by atoms with Gasteiger partial charge in [0, 0.05) is 25.7 Å². The zero-order valence-electron chi connectivity index (χ0n) is 17.0. The second-order valence-corrected chi connectivity index (χ2v) is 7.66. The van der Waals surface area contributed by atoms with Gasteiger partial charge in [-0.05, 0) is 55.6 Å². The summed E-state index contributed by atoms with van der Waals surface area (Å²) in [6, 6.07) is 11.3. The standard InChI is InChI=1S/C22H26N4O3/c1-25-18-11-17(20(29-3)12-19(18)26(2)22(25)28)24-21(27)16-6-4-14(5-7-16)10-15-8-9-23-13-15/h4-7,11-12,15,23H,8-10,13H2,1-3H3,(H,24,27). The number of fused-ring (bicyclic) bond motifs is 1. The molecule has 0 radical (unpaired) electrons. The topological polar surface area (TPSA) is 77.3 Å². The highest BCUT2D eigenvalue weighted by molar-refractivity contribution is 6.06. The summed E-state index contributed by atoms with van der Waals surface area (Å²) >= 11 is 0. The molecule has 7 nitrogen and oxygen atoms in total. The first-order valence-electron chi connectivity index (χ1n) is 9.82. The molecule has 1 saturated heterocycles. The maximum absolute atomic E-state index is 12.8. The average Bonchev–Trinajstić information content (AvgIpc) is 3.31. The van der Waals surface area contributed by atoms with Crippen molar-refractivity contribution in [3.05, 3.63) is 58.0 Å². The second kappa shape index (κ2) is 7.75. The van der Waals surface area contributed by atoms with E-state index in [9.17, 15) is 9.59 Å². The molecule has 1 aliphatic heterocycles. The minimum absolute atomic E-state index is 0.126. The lowest BCUT2D eigenvalue weighted by Gasteiger charge is -2.12. The van der Waals surface area contributed by atoms with Gasteiger partial charge in [-0.25, -0.2) is 4.79 Å². The van der Waals surface area contributed by atoms with Crippen LogP contribution >= 0.6 is 0 Å². The highest BCUT2D eigenvalue weighted by Gasteiger charge is 2.17. The SMILES string of the molecule is COc1cc2c(cc1NC(=O)c1ccc(CC3CCNC3)cc1)n(C)c(=O)n2C. The van der Waals surface area contributed by atoms with E-state index in [0.717, 1.165) is 30.5 Å². The summed E-state index contributed by atoms with van der Waals surface area (Å²) < 4.78 is 8.55. The molecule has 1 atom stereocenters. The van der Waals surface area contributed by atoms with Crippen LogP contribution in [0.4, 0.5) is 5.69 Å². The summed E-state index contributed by atoms with van der Waals surface area (Å²) in [5, 5.41) is 6.30. The second-order valence-electron chi connectivity index (χ2n) is 7.66. The third-order valence-corrected chi connectivity index (χ3v) is 5.74. The molecule has 4 rings (SSSR count). The molecule has 1 unspecified atom stereocenters. The predicted octanol–water partition coefficient (Wildman–Crippen LogP) is 2.29. The van der Waals surface area contributed by atoms with E-state index in [4.69, 9.17) is 4.74 Å². The first-order chi connectivity index (χ1) is 14.0. The highest BCUT2D eigenvalue weighted by atomic mass is 16.5. The molecule has 0 aliphatic carbocycles. The van der Waals surface area contributed by atoms with Gasteiger partial charge in [0.1, 0.15) is 5.75 Å². The Morgan fingerprint density at radius 2 is 1.86 bits per heavy atom. The van der Waals surface area contributed by atoms with Crippen LogP contribution in [0.5, 0.6) is 5.75 Å². The first kappa shape index (κ1) is 19.3. The molecule has 1 amide bonds. The summed E-state index contributed by atoms with van der Waals surface area (Å²) in [6.45, 7) is 2.15. The molecular formula is C22H26N4O3. The van der Waals surface area contributed by atoms with Crippen molar-refractivity contribution in [2.24, 2.45) is 20.0 Å². The van der Waals surface area contributed by atoms with E-state index in [1.807, 2.05) is 24.3 Å². The molecule has 1 aromatic heterocycles. The number of benzene rings is 2. The number of imidazole rings is 1. The smallest absolute Gasteiger partial charge is 0.328 e. The number of aryl methyl sites for hydroxylation is 2. The number of methoxy groups -OCH3 is 1. The summed E-state index contributed by atoms with van der Waals surface area (Å²) in [6.07, 6.45) is 2.23. The van der Waals surface area contributed by atoms with Crippen LogP contribution in [0.1, 0.15) is 22.3 Å². The Hall–Kier alpha value is -3.06. The normalized spacial score (nSPS) is 16.3. The molecule has 2 aromatic carbocycles. The molecule has 0 saturated carbocycles. The summed E-state index contributed by atoms with van der Waals surface area (Å²) in [7, 11) is 4.97. The van der Waals surface area contributed by atoms with Gasteiger partial charge in [-0.15, -0.1) is 0 Å². The Morgan fingerprint density at radius 1 is 1.17 bits per heavy atom. The van der Waals surface area contributed by atoms with E-state index in [0.29, 0.717) is 22.9 Å². The lowest BCUT2D eigenvalue weighted by molar-refractivity contribution is 0.102. The average molecular weight is 394 g/mol. The van der Waals surface area contributed by atoms with Gasteiger partial charge in [-0.2, -0.15) is 0 Å². The fourth-order valence-corrected chi connectivity index (χ4v) is 4.00. The van der Waals surface area contributed by atoms with Crippen LogP contribution in [0.3, 0.4) is 0 Å². The fraction of sp³-hybridized carbons (Fsp3) is 0.364. The van der Waals surface area contributed by atoms with Crippen LogP contribution in [0.2, 0.25) is 0 Å². The Kier molecular flexibility index (Phi) is 5.15. The van der Waals surface area contributed by atoms with Gasteiger partial charge >= 0.3 is 5.69 Å². The molecule has 0 spiro atoms. The van der Waals surface area contributed by atoms with E-state index in [1.165, 1.54) is 12.0 Å². The van der Waals surface area contributed by atoms with Crippen molar-refractivity contribution in [1.29, 1.82) is 0 Å². The molecule has 0 bridgehead atoms. The van der Waals surface area contributed by atoms with E-state index >= 15 is 0 Å². The van der Waals surface area contributed by atoms with Crippen molar-refractivity contribution in [2.75, 3.05) is 25.5 Å². The van der Waals surface area contributed by atoms with Crippen LogP contribution in [0.25, 0.3) is 11.0 Å². The zero-order valence-corrected chi connectivity index (χ0v) is 17.0. The molecule has 7 heteroatoms. The molecule has 2 N–H and O–H groups in total. The third-order valence-electron chi connectivity index (χ3n) is 5.74. The van der Waals surface area contributed by atoms with Crippen LogP contribution in [0.15, 0.2) is 41.2 Å². The number of anilines is 1. The van der Waals surface area contributed by atoms with Gasteiger partial charge in [0.2, 0.25) is 0 Å². The minimum Gasteiger partial charge on any atom is -0.494 e. The number of aromatic nitrogens is 2. The van der Waals surface area contributed by atoms with E-state index < -0.39 is 0 Å². The van der Waals surface area contributed by atoms with Crippen molar-refractivity contribution >= 4 is 22.6 Å². The van der Waals surface area contributed by atoms with Crippen LogP contribution < -0.4 is 21.1 Å². The minimum atomic E-state index is -0.210. The van der Waals surface area contributed by atoms with E-state index in [2.05, 4.69) is 10.6 Å². The van der Waals surface area contributed by atoms with Crippen LogP contribution in [0, 0.1) is 5.92 Å². The van der Waals surface area contributed by atoms with Crippen LogP contribution in [-0.4, -0.2) is 35.2 Å². The van der Waals surface area contributed by atoms with Gasteiger partial charge in [0.25, 0.3) is 5.91 Å². The fourth-order valence-electron chi connectivity index (χ4n) is 4.00. The maximum atomic E-state index is 12.8. The van der Waals surface area contributed by atoms with Gasteiger partial charge in [-0.3, -0.25) is 13.9 Å². The van der Waals surface area contributed by atoms with Crippen molar-refractivity contribution in [1.82, 2.24) is 14.5 Å². The number of rotatable bonds is 5. The largest absolute Gasteiger partial charge is 0.494 e. The summed E-state index contributed by atoms with van der Waals surface area (Å²) in [5.74, 6) is 0.971. The maximum Gasteiger partial charge on any atom is 0.328 e. The highest BCUT2D eigenvalue weighted by Crippen LogP contribution is 2.30. The van der Waals surface area contributed by atoms with E-state index in [1.54, 1.807) is 42.5 Å². The summed E-state index contributed by atoms with van der Waals surface area (Å²) in [4.78, 5) is 25.0. The number of hydrogen-bond donors (Lipinski definition) is 2. The molecular weight excluding hydrogens is 368 g/mol. The molecule has 1 aliphatic rings. The monoisotopic (exact) mass is 394 g/mol. The Balaban J connectivity index is 1.56. The van der Waals surface area contributed by atoms with Crippen LogP contribution in [-0.2, 0) is 20.5 Å². The van der Waals surface area contributed by atoms with Crippen molar-refractivity contribution in [3.8, 4) is 5.75 Å². The van der Waals surface area contributed by atoms with Gasteiger partial charge < -0.3 is 15.4 Å². The number of carbonyl (C=O) groups excluding carboxylic acids is 1. The lowest BCUT2D eigenvalue weighted by atomic mass is 9.98. The number of ether oxygens (including phenoxy) is 1. The quantitative estimate of drug-likeness (QED) is 0.696. The Bertz CT molecular complexity index is 1110. The lowest BCUT2D eigenvalue weighted by Crippen LogP contribution is -2.19. The Morgan fingerprint density at radius 3 is 2.48 bits per heavy atom. The van der Waals surface area contributed by atoms with Crippen molar-refractivity contribution < 1.29 is 9.53 Å². The number of amides is 1. The first-order valence-corrected chi connectivity index (χ1v) is 9.82.